The fraction of sp³-hybridized carbons (Fsp3) is 0.0909. The van der Waals surface area contributed by atoms with Crippen molar-refractivity contribution in [3.05, 3.63) is 102 Å². The Labute approximate surface area is 168 Å². The number of hydrogen-bond donors (Lipinski definition) is 1. The van der Waals surface area contributed by atoms with E-state index in [-0.39, 0.29) is 12.5 Å². The minimum atomic E-state index is -0.159. The van der Waals surface area contributed by atoms with Gasteiger partial charge in [-0.2, -0.15) is 4.68 Å². The van der Waals surface area contributed by atoms with Crippen LogP contribution in [0.1, 0.15) is 21.7 Å². The maximum atomic E-state index is 12.4. The Balaban J connectivity index is 1.40. The van der Waals surface area contributed by atoms with Gasteiger partial charge in [-0.25, -0.2) is 0 Å². The van der Waals surface area contributed by atoms with E-state index in [2.05, 4.69) is 20.8 Å². The Morgan fingerprint density at radius 1 is 0.931 bits per heavy atom. The summed E-state index contributed by atoms with van der Waals surface area (Å²) in [6, 6.07) is 26.4. The Morgan fingerprint density at radius 2 is 1.69 bits per heavy atom. The second kappa shape index (κ2) is 8.79. The fourth-order valence-electron chi connectivity index (χ4n) is 2.82. The van der Waals surface area contributed by atoms with Gasteiger partial charge in [-0.1, -0.05) is 54.6 Å². The lowest BCUT2D eigenvalue weighted by atomic mass is 10.2. The van der Waals surface area contributed by atoms with Crippen LogP contribution in [-0.2, 0) is 13.2 Å². The molecule has 7 nitrogen and oxygen atoms in total. The number of para-hydroxylation sites is 1. The third-order valence-electron chi connectivity index (χ3n) is 4.29. The molecule has 1 amide bonds. The minimum absolute atomic E-state index is 0.159. The van der Waals surface area contributed by atoms with Crippen molar-refractivity contribution in [3.8, 4) is 11.4 Å². The zero-order valence-corrected chi connectivity index (χ0v) is 15.6. The maximum Gasteiger partial charge on any atom is 0.251 e. The number of amides is 1. The quantitative estimate of drug-likeness (QED) is 0.528. The van der Waals surface area contributed by atoms with Gasteiger partial charge >= 0.3 is 0 Å². The first-order valence-corrected chi connectivity index (χ1v) is 9.17. The van der Waals surface area contributed by atoms with E-state index in [9.17, 15) is 4.79 Å². The summed E-state index contributed by atoms with van der Waals surface area (Å²) in [6.07, 6.45) is 0. The predicted octanol–water partition coefficient (Wildman–Crippen LogP) is 3.17. The summed E-state index contributed by atoms with van der Waals surface area (Å²) in [6.45, 7) is 0.646. The van der Waals surface area contributed by atoms with Crippen LogP contribution in [-0.4, -0.2) is 26.1 Å². The average Bonchev–Trinajstić information content (AvgIpc) is 3.26. The highest BCUT2D eigenvalue weighted by Crippen LogP contribution is 2.16. The van der Waals surface area contributed by atoms with Crippen molar-refractivity contribution in [2.24, 2.45) is 0 Å². The van der Waals surface area contributed by atoms with Crippen molar-refractivity contribution in [3.63, 3.8) is 0 Å². The molecule has 0 radical (unpaired) electrons. The molecule has 3 aromatic carbocycles. The average molecular weight is 385 g/mol. The first-order valence-electron chi connectivity index (χ1n) is 9.17. The van der Waals surface area contributed by atoms with Crippen LogP contribution in [0.15, 0.2) is 84.9 Å². The smallest absolute Gasteiger partial charge is 0.251 e. The van der Waals surface area contributed by atoms with Gasteiger partial charge in [-0.05, 0) is 46.3 Å². The number of hydrogen-bond acceptors (Lipinski definition) is 5. The van der Waals surface area contributed by atoms with Crippen LogP contribution in [0.25, 0.3) is 5.69 Å². The van der Waals surface area contributed by atoms with Gasteiger partial charge in [0.05, 0.1) is 5.69 Å². The van der Waals surface area contributed by atoms with E-state index in [1.165, 1.54) is 0 Å². The predicted molar refractivity (Wildman–Crippen MR) is 108 cm³/mol. The first kappa shape index (κ1) is 18.4. The number of nitrogens with zero attached hydrogens (tertiary/aromatic N) is 4. The van der Waals surface area contributed by atoms with Crippen LogP contribution in [0, 0.1) is 0 Å². The molecule has 144 valence electrons. The third-order valence-corrected chi connectivity index (χ3v) is 4.29. The molecule has 0 bridgehead atoms. The van der Waals surface area contributed by atoms with Crippen molar-refractivity contribution < 1.29 is 9.53 Å². The molecular weight excluding hydrogens is 366 g/mol. The van der Waals surface area contributed by atoms with Gasteiger partial charge in [0.15, 0.2) is 5.82 Å². The van der Waals surface area contributed by atoms with Crippen molar-refractivity contribution in [1.29, 1.82) is 0 Å². The largest absolute Gasteiger partial charge is 0.486 e. The molecule has 7 heteroatoms. The number of tetrazole rings is 1. The van der Waals surface area contributed by atoms with E-state index in [0.29, 0.717) is 23.7 Å². The van der Waals surface area contributed by atoms with E-state index in [4.69, 9.17) is 4.74 Å². The van der Waals surface area contributed by atoms with E-state index in [1.807, 2.05) is 60.7 Å². The monoisotopic (exact) mass is 385 g/mol. The topological polar surface area (TPSA) is 81.9 Å². The van der Waals surface area contributed by atoms with Gasteiger partial charge in [-0.3, -0.25) is 4.79 Å². The van der Waals surface area contributed by atoms with Crippen LogP contribution in [0.2, 0.25) is 0 Å². The summed E-state index contributed by atoms with van der Waals surface area (Å²) in [4.78, 5) is 12.4. The van der Waals surface area contributed by atoms with Crippen LogP contribution < -0.4 is 10.1 Å². The number of rotatable bonds is 7. The third kappa shape index (κ3) is 4.65. The fourth-order valence-corrected chi connectivity index (χ4v) is 2.82. The highest BCUT2D eigenvalue weighted by Gasteiger charge is 2.10. The number of nitrogens with one attached hydrogen (secondary N) is 1. The number of carbonyl (C=O) groups is 1. The zero-order valence-electron chi connectivity index (χ0n) is 15.6. The Morgan fingerprint density at radius 3 is 2.48 bits per heavy atom. The van der Waals surface area contributed by atoms with E-state index in [1.54, 1.807) is 28.9 Å². The molecule has 4 aromatic rings. The van der Waals surface area contributed by atoms with Crippen LogP contribution >= 0.6 is 0 Å². The molecule has 0 saturated carbocycles. The summed E-state index contributed by atoms with van der Waals surface area (Å²) >= 11 is 0. The molecule has 0 atom stereocenters. The van der Waals surface area contributed by atoms with Gasteiger partial charge in [0.25, 0.3) is 5.91 Å². The summed E-state index contributed by atoms with van der Waals surface area (Å²) in [5, 5.41) is 14.7. The highest BCUT2D eigenvalue weighted by atomic mass is 16.5. The van der Waals surface area contributed by atoms with Gasteiger partial charge in [0, 0.05) is 12.1 Å². The molecule has 1 heterocycles. The molecular formula is C22H19N5O2. The van der Waals surface area contributed by atoms with Gasteiger partial charge < -0.3 is 10.1 Å². The SMILES string of the molecule is O=C(NCc1ccccc1)c1cccc(OCc2nnnn2-c2ccccc2)c1. The summed E-state index contributed by atoms with van der Waals surface area (Å²) in [5.41, 5.74) is 2.42. The van der Waals surface area contributed by atoms with E-state index >= 15 is 0 Å². The Kier molecular flexibility index (Phi) is 5.57. The lowest BCUT2D eigenvalue weighted by Crippen LogP contribution is -2.22. The number of ether oxygens (including phenoxy) is 1. The highest BCUT2D eigenvalue weighted by molar-refractivity contribution is 5.94. The summed E-state index contributed by atoms with van der Waals surface area (Å²) < 4.78 is 7.44. The van der Waals surface area contributed by atoms with Gasteiger partial charge in [-0.15, -0.1) is 5.10 Å². The summed E-state index contributed by atoms with van der Waals surface area (Å²) in [7, 11) is 0. The van der Waals surface area contributed by atoms with Crippen LogP contribution in [0.3, 0.4) is 0 Å². The normalized spacial score (nSPS) is 10.5. The first-order chi connectivity index (χ1) is 14.3. The van der Waals surface area contributed by atoms with Crippen LogP contribution in [0.4, 0.5) is 0 Å². The molecule has 0 fully saturated rings. The van der Waals surface area contributed by atoms with Gasteiger partial charge in [0.1, 0.15) is 12.4 Å². The van der Waals surface area contributed by atoms with Crippen molar-refractivity contribution >= 4 is 5.91 Å². The van der Waals surface area contributed by atoms with Crippen molar-refractivity contribution in [2.75, 3.05) is 0 Å². The molecule has 0 aliphatic heterocycles. The molecule has 0 spiro atoms. The molecule has 4 rings (SSSR count). The van der Waals surface area contributed by atoms with Gasteiger partial charge in [0.2, 0.25) is 0 Å². The molecule has 1 aromatic heterocycles. The second-order valence-electron chi connectivity index (χ2n) is 6.33. The zero-order chi connectivity index (χ0) is 19.9. The lowest BCUT2D eigenvalue weighted by molar-refractivity contribution is 0.0950. The summed E-state index contributed by atoms with van der Waals surface area (Å²) in [5.74, 6) is 0.975. The Hall–Kier alpha value is -4.00. The molecule has 0 unspecified atom stereocenters. The number of carbonyl (C=O) groups excluding carboxylic acids is 1. The lowest BCUT2D eigenvalue weighted by Gasteiger charge is -2.09. The molecule has 1 N–H and O–H groups in total. The number of benzene rings is 3. The standard InChI is InChI=1S/C22H19N5O2/c28-22(23-15-17-8-3-1-4-9-17)18-10-7-13-20(14-18)29-16-21-24-25-26-27(21)19-11-5-2-6-12-19/h1-14H,15-16H2,(H,23,28). The molecule has 0 aliphatic carbocycles. The second-order valence-corrected chi connectivity index (χ2v) is 6.33. The maximum absolute atomic E-state index is 12.4. The van der Waals surface area contributed by atoms with Crippen molar-refractivity contribution in [2.45, 2.75) is 13.2 Å². The molecule has 29 heavy (non-hydrogen) atoms. The number of aromatic nitrogens is 4. The van der Waals surface area contributed by atoms with E-state index < -0.39 is 0 Å². The molecule has 0 aliphatic rings. The molecule has 0 saturated heterocycles. The van der Waals surface area contributed by atoms with E-state index in [0.717, 1.165) is 11.3 Å². The minimum Gasteiger partial charge on any atom is -0.486 e. The van der Waals surface area contributed by atoms with Crippen LogP contribution in [0.5, 0.6) is 5.75 Å². The van der Waals surface area contributed by atoms with Crippen molar-refractivity contribution in [1.82, 2.24) is 25.5 Å². The Bertz CT molecular complexity index is 1080.